The van der Waals surface area contributed by atoms with Crippen molar-refractivity contribution in [1.29, 1.82) is 0 Å². The predicted molar refractivity (Wildman–Crippen MR) is 69.4 cm³/mol. The lowest BCUT2D eigenvalue weighted by Gasteiger charge is -2.26. The molecule has 2 rings (SSSR count). The van der Waals surface area contributed by atoms with Gasteiger partial charge in [-0.2, -0.15) is 5.10 Å². The number of hydrazone groups is 1. The highest BCUT2D eigenvalue weighted by molar-refractivity contribution is 7.80. The summed E-state index contributed by atoms with van der Waals surface area (Å²) in [6.07, 6.45) is -0.230. The number of nitrogens with one attached hydrogen (secondary N) is 1. The molecule has 1 aromatic rings. The number of thiocarbonyl (C=S) groups is 1. The molecule has 1 heterocycles. The van der Waals surface area contributed by atoms with Gasteiger partial charge in [-0.1, -0.05) is 12.1 Å². The van der Waals surface area contributed by atoms with Crippen molar-refractivity contribution in [3.05, 3.63) is 24.3 Å². The lowest BCUT2D eigenvalue weighted by atomic mass is 10.2. The molecule has 0 spiro atoms. The number of para-hydroxylation sites is 2. The number of fused-ring (bicyclic) bond motifs is 1. The topological polar surface area (TPSA) is 68.9 Å². The van der Waals surface area contributed by atoms with Crippen LogP contribution in [0.2, 0.25) is 0 Å². The molecule has 0 amide bonds. The number of nitrogens with zero attached hydrogens (tertiary/aromatic N) is 1. The zero-order valence-corrected chi connectivity index (χ0v) is 10.2. The van der Waals surface area contributed by atoms with Gasteiger partial charge in [-0.25, -0.2) is 0 Å². The molecule has 1 aliphatic heterocycles. The second-order valence-electron chi connectivity index (χ2n) is 3.59. The van der Waals surface area contributed by atoms with Gasteiger partial charge in [-0.15, -0.1) is 0 Å². The first-order chi connectivity index (χ1) is 8.16. The monoisotopic (exact) mass is 251 g/mol. The van der Waals surface area contributed by atoms with Gasteiger partial charge in [-0.05, 0) is 31.3 Å². The average Bonchev–Trinajstić information content (AvgIpc) is 2.35. The highest BCUT2D eigenvalue weighted by Crippen LogP contribution is 2.30. The molecule has 17 heavy (non-hydrogen) atoms. The van der Waals surface area contributed by atoms with Gasteiger partial charge in [-0.3, -0.25) is 5.43 Å². The number of benzene rings is 1. The van der Waals surface area contributed by atoms with E-state index in [0.29, 0.717) is 12.4 Å². The third kappa shape index (κ3) is 2.85. The predicted octanol–water partition coefficient (Wildman–Crippen LogP) is 1.04. The molecular weight excluding hydrogens is 238 g/mol. The van der Waals surface area contributed by atoms with Crippen LogP contribution in [0.1, 0.15) is 6.92 Å². The molecule has 0 saturated heterocycles. The molecule has 1 aliphatic rings. The second-order valence-corrected chi connectivity index (χ2v) is 4.03. The molecule has 1 unspecified atom stereocenters. The Labute approximate surface area is 105 Å². The number of hydrogen-bond donors (Lipinski definition) is 2. The second kappa shape index (κ2) is 5.01. The van der Waals surface area contributed by atoms with E-state index in [1.807, 2.05) is 31.2 Å². The van der Waals surface area contributed by atoms with Crippen molar-refractivity contribution in [3.8, 4) is 11.5 Å². The lowest BCUT2D eigenvalue weighted by molar-refractivity contribution is 0.134. The number of hydrogen-bond acceptors (Lipinski definition) is 4. The summed E-state index contributed by atoms with van der Waals surface area (Å²) >= 11 is 4.67. The Morgan fingerprint density at radius 3 is 2.88 bits per heavy atom. The molecule has 1 atom stereocenters. The first kappa shape index (κ1) is 11.7. The maximum atomic E-state index is 5.75. The van der Waals surface area contributed by atoms with Gasteiger partial charge >= 0.3 is 0 Å². The molecule has 0 aromatic heterocycles. The summed E-state index contributed by atoms with van der Waals surface area (Å²) in [4.78, 5) is 0. The van der Waals surface area contributed by atoms with Gasteiger partial charge in [0.25, 0.3) is 0 Å². The SMILES string of the molecule is C/C(=N/NC(N)=S)C1COc2ccccc2O1. The van der Waals surface area contributed by atoms with Crippen LogP contribution in [0.3, 0.4) is 0 Å². The fraction of sp³-hybridized carbons (Fsp3) is 0.273. The third-order valence-electron chi connectivity index (χ3n) is 2.32. The summed E-state index contributed by atoms with van der Waals surface area (Å²) in [6.45, 7) is 2.25. The fourth-order valence-corrected chi connectivity index (χ4v) is 1.49. The summed E-state index contributed by atoms with van der Waals surface area (Å²) in [5, 5.41) is 4.14. The Morgan fingerprint density at radius 1 is 1.47 bits per heavy atom. The van der Waals surface area contributed by atoms with E-state index in [-0.39, 0.29) is 11.2 Å². The van der Waals surface area contributed by atoms with Crippen molar-refractivity contribution in [2.45, 2.75) is 13.0 Å². The Hall–Kier alpha value is -1.82. The minimum Gasteiger partial charge on any atom is -0.485 e. The molecule has 0 radical (unpaired) electrons. The van der Waals surface area contributed by atoms with E-state index in [1.165, 1.54) is 0 Å². The molecule has 0 saturated carbocycles. The Balaban J connectivity index is 2.07. The summed E-state index contributed by atoms with van der Waals surface area (Å²) in [5.74, 6) is 1.47. The maximum Gasteiger partial charge on any atom is 0.184 e. The van der Waals surface area contributed by atoms with Gasteiger partial charge in [0.05, 0.1) is 5.71 Å². The molecule has 0 fully saturated rings. The van der Waals surface area contributed by atoms with E-state index in [4.69, 9.17) is 15.2 Å². The van der Waals surface area contributed by atoms with Crippen LogP contribution in [-0.4, -0.2) is 23.5 Å². The zero-order chi connectivity index (χ0) is 12.3. The molecule has 90 valence electrons. The van der Waals surface area contributed by atoms with Gasteiger partial charge in [0.2, 0.25) is 0 Å². The Kier molecular flexibility index (Phi) is 3.43. The number of nitrogens with two attached hydrogens (primary N) is 1. The molecule has 1 aromatic carbocycles. The first-order valence-electron chi connectivity index (χ1n) is 5.15. The van der Waals surface area contributed by atoms with Gasteiger partial charge < -0.3 is 15.2 Å². The van der Waals surface area contributed by atoms with Crippen molar-refractivity contribution in [2.75, 3.05) is 6.61 Å². The molecule has 3 N–H and O–H groups in total. The van der Waals surface area contributed by atoms with Crippen molar-refractivity contribution in [2.24, 2.45) is 10.8 Å². The highest BCUT2D eigenvalue weighted by Gasteiger charge is 2.22. The molecular formula is C11H13N3O2S. The van der Waals surface area contributed by atoms with E-state index in [2.05, 4.69) is 22.7 Å². The van der Waals surface area contributed by atoms with Crippen molar-refractivity contribution in [3.63, 3.8) is 0 Å². The van der Waals surface area contributed by atoms with Crippen LogP contribution in [0.25, 0.3) is 0 Å². The third-order valence-corrected chi connectivity index (χ3v) is 2.41. The lowest BCUT2D eigenvalue weighted by Crippen LogP contribution is -2.37. The highest BCUT2D eigenvalue weighted by atomic mass is 32.1. The van der Waals surface area contributed by atoms with Crippen LogP contribution in [0.15, 0.2) is 29.4 Å². The molecule has 0 bridgehead atoms. The van der Waals surface area contributed by atoms with E-state index in [1.54, 1.807) is 0 Å². The van der Waals surface area contributed by atoms with Gasteiger partial charge in [0, 0.05) is 0 Å². The van der Waals surface area contributed by atoms with Gasteiger partial charge in [0.1, 0.15) is 6.61 Å². The van der Waals surface area contributed by atoms with Gasteiger partial charge in [0.15, 0.2) is 22.7 Å². The minimum atomic E-state index is -0.230. The van der Waals surface area contributed by atoms with E-state index < -0.39 is 0 Å². The summed E-state index contributed by atoms with van der Waals surface area (Å²) < 4.78 is 11.3. The standard InChI is InChI=1S/C11H13N3O2S/c1-7(13-14-11(12)17)10-6-15-8-4-2-3-5-9(8)16-10/h2-5,10H,6H2,1H3,(H3,12,14,17)/b13-7-. The maximum absolute atomic E-state index is 5.75. The minimum absolute atomic E-state index is 0.126. The van der Waals surface area contributed by atoms with Crippen LogP contribution in [0, 0.1) is 0 Å². The smallest absolute Gasteiger partial charge is 0.184 e. The summed E-state index contributed by atoms with van der Waals surface area (Å²) in [6, 6.07) is 7.52. The quantitative estimate of drug-likeness (QED) is 0.467. The number of rotatable bonds is 2. The molecule has 6 heteroatoms. The normalized spacial score (nSPS) is 18.6. The van der Waals surface area contributed by atoms with Crippen LogP contribution in [-0.2, 0) is 0 Å². The van der Waals surface area contributed by atoms with Crippen molar-refractivity contribution < 1.29 is 9.47 Å². The Bertz CT molecular complexity index is 462. The van der Waals surface area contributed by atoms with E-state index in [9.17, 15) is 0 Å². The fourth-order valence-electron chi connectivity index (χ4n) is 1.44. The summed E-state index contributed by atoms with van der Waals surface area (Å²) in [7, 11) is 0. The van der Waals surface area contributed by atoms with E-state index in [0.717, 1.165) is 11.5 Å². The van der Waals surface area contributed by atoms with Crippen LogP contribution < -0.4 is 20.6 Å². The average molecular weight is 251 g/mol. The number of ether oxygens (including phenoxy) is 2. The molecule has 0 aliphatic carbocycles. The van der Waals surface area contributed by atoms with Crippen molar-refractivity contribution >= 4 is 23.0 Å². The molecule has 5 nitrogen and oxygen atoms in total. The zero-order valence-electron chi connectivity index (χ0n) is 9.34. The Morgan fingerprint density at radius 2 is 2.18 bits per heavy atom. The van der Waals surface area contributed by atoms with E-state index >= 15 is 0 Å². The van der Waals surface area contributed by atoms with Crippen molar-refractivity contribution in [1.82, 2.24) is 5.43 Å². The van der Waals surface area contributed by atoms with Crippen LogP contribution >= 0.6 is 12.2 Å². The largest absolute Gasteiger partial charge is 0.485 e. The first-order valence-corrected chi connectivity index (χ1v) is 5.56. The van der Waals surface area contributed by atoms with Crippen LogP contribution in [0.5, 0.6) is 11.5 Å². The summed E-state index contributed by atoms with van der Waals surface area (Å²) in [5.41, 5.74) is 8.55. The van der Waals surface area contributed by atoms with Crippen LogP contribution in [0.4, 0.5) is 0 Å².